The van der Waals surface area contributed by atoms with Crippen molar-refractivity contribution in [3.8, 4) is 11.4 Å². The van der Waals surface area contributed by atoms with Gasteiger partial charge in [0.15, 0.2) is 5.82 Å². The SMILES string of the molecule is O=C(c1c(F)cccc1-c1ncccn1)N1CC2(CC2)C[C@H]1CCNc1cc(C(F)(F)F)ccn1. The molecule has 1 aliphatic heterocycles. The molecule has 10 heteroatoms. The van der Waals surface area contributed by atoms with E-state index in [0.29, 0.717) is 25.1 Å². The zero-order valence-corrected chi connectivity index (χ0v) is 18.7. The van der Waals surface area contributed by atoms with Crippen LogP contribution in [0.2, 0.25) is 0 Å². The third-order valence-electron chi connectivity index (χ3n) is 6.74. The lowest BCUT2D eigenvalue weighted by molar-refractivity contribution is -0.137. The zero-order chi connectivity index (χ0) is 24.6. The van der Waals surface area contributed by atoms with E-state index in [-0.39, 0.29) is 28.7 Å². The van der Waals surface area contributed by atoms with Crippen LogP contribution < -0.4 is 5.32 Å². The Balaban J connectivity index is 1.34. The van der Waals surface area contributed by atoms with Gasteiger partial charge in [-0.2, -0.15) is 13.2 Å². The van der Waals surface area contributed by atoms with E-state index < -0.39 is 23.5 Å². The molecule has 1 saturated heterocycles. The van der Waals surface area contributed by atoms with Crippen LogP contribution in [0.15, 0.2) is 55.0 Å². The summed E-state index contributed by atoms with van der Waals surface area (Å²) >= 11 is 0. The predicted octanol–water partition coefficient (Wildman–Crippen LogP) is 5.19. The number of nitrogens with zero attached hydrogens (tertiary/aromatic N) is 4. The van der Waals surface area contributed by atoms with Gasteiger partial charge in [-0.1, -0.05) is 12.1 Å². The smallest absolute Gasteiger partial charge is 0.370 e. The number of rotatable bonds is 6. The highest BCUT2D eigenvalue weighted by Crippen LogP contribution is 2.55. The second-order valence-electron chi connectivity index (χ2n) is 9.17. The zero-order valence-electron chi connectivity index (χ0n) is 18.7. The van der Waals surface area contributed by atoms with Gasteiger partial charge in [-0.3, -0.25) is 4.79 Å². The Morgan fingerprint density at radius 3 is 2.57 bits per heavy atom. The number of anilines is 1. The van der Waals surface area contributed by atoms with Crippen molar-refractivity contribution in [2.24, 2.45) is 5.41 Å². The van der Waals surface area contributed by atoms with Gasteiger partial charge in [0.05, 0.1) is 11.1 Å². The quantitative estimate of drug-likeness (QED) is 0.487. The Labute approximate surface area is 199 Å². The van der Waals surface area contributed by atoms with Crippen LogP contribution >= 0.6 is 0 Å². The van der Waals surface area contributed by atoms with Gasteiger partial charge >= 0.3 is 6.18 Å². The lowest BCUT2D eigenvalue weighted by Crippen LogP contribution is -2.37. The molecule has 0 unspecified atom stereocenters. The summed E-state index contributed by atoms with van der Waals surface area (Å²) in [6, 6.07) is 7.75. The predicted molar refractivity (Wildman–Crippen MR) is 121 cm³/mol. The van der Waals surface area contributed by atoms with E-state index >= 15 is 0 Å². The highest BCUT2D eigenvalue weighted by Gasteiger charge is 2.53. The van der Waals surface area contributed by atoms with Gasteiger partial charge in [-0.15, -0.1) is 0 Å². The van der Waals surface area contributed by atoms with Crippen LogP contribution in [0.25, 0.3) is 11.4 Å². The second-order valence-corrected chi connectivity index (χ2v) is 9.17. The molecule has 0 radical (unpaired) electrons. The topological polar surface area (TPSA) is 71.0 Å². The Kier molecular flexibility index (Phi) is 5.90. The summed E-state index contributed by atoms with van der Waals surface area (Å²) in [5.41, 5.74) is -0.463. The standard InChI is InChI=1S/C25H23F4N5O/c26-19-4-1-3-18(22-32-9-2-10-33-22)21(19)23(35)34-15-24(7-8-24)14-17(34)6-12-31-20-13-16(5-11-30-20)25(27,28)29/h1-5,9-11,13,17H,6-8,12,14-15H2,(H,30,31)/t17-/m1/s1. The van der Waals surface area contributed by atoms with Crippen molar-refractivity contribution in [1.82, 2.24) is 19.9 Å². The summed E-state index contributed by atoms with van der Waals surface area (Å²) in [4.78, 5) is 27.7. The molecule has 1 N–H and O–H groups in total. The lowest BCUT2D eigenvalue weighted by Gasteiger charge is -2.26. The molecular weight excluding hydrogens is 462 g/mol. The minimum absolute atomic E-state index is 0.0451. The van der Waals surface area contributed by atoms with E-state index in [0.717, 1.165) is 37.6 Å². The summed E-state index contributed by atoms with van der Waals surface area (Å²) in [5.74, 6) is -0.669. The first kappa shape index (κ1) is 23.2. The molecule has 1 amide bonds. The molecule has 2 aromatic heterocycles. The molecule has 3 heterocycles. The number of halogens is 4. The molecule has 2 aliphatic rings. The molecular formula is C25H23F4N5O. The van der Waals surface area contributed by atoms with Crippen molar-refractivity contribution in [2.75, 3.05) is 18.4 Å². The molecule has 0 bridgehead atoms. The number of likely N-dealkylation sites (tertiary alicyclic amines) is 1. The molecule has 1 saturated carbocycles. The molecule has 3 aromatic rings. The van der Waals surface area contributed by atoms with E-state index in [1.54, 1.807) is 17.0 Å². The van der Waals surface area contributed by atoms with E-state index in [9.17, 15) is 22.4 Å². The monoisotopic (exact) mass is 485 g/mol. The Morgan fingerprint density at radius 2 is 1.86 bits per heavy atom. The molecule has 35 heavy (non-hydrogen) atoms. The maximum atomic E-state index is 15.0. The maximum Gasteiger partial charge on any atom is 0.416 e. The van der Waals surface area contributed by atoms with Crippen LogP contribution in [0.5, 0.6) is 0 Å². The number of aromatic nitrogens is 3. The number of nitrogens with one attached hydrogen (secondary N) is 1. The van der Waals surface area contributed by atoms with Gasteiger partial charge in [-0.05, 0) is 55.4 Å². The maximum absolute atomic E-state index is 15.0. The first-order valence-electron chi connectivity index (χ1n) is 11.4. The normalized spacial score (nSPS) is 18.6. The van der Waals surface area contributed by atoms with Gasteiger partial charge in [0.1, 0.15) is 11.6 Å². The van der Waals surface area contributed by atoms with E-state index in [1.165, 1.54) is 24.5 Å². The van der Waals surface area contributed by atoms with Gasteiger partial charge in [0.2, 0.25) is 0 Å². The summed E-state index contributed by atoms with van der Waals surface area (Å²) in [6.07, 6.45) is 3.01. The van der Waals surface area contributed by atoms with Crippen LogP contribution in [-0.4, -0.2) is 44.9 Å². The number of hydrogen-bond donors (Lipinski definition) is 1. The molecule has 5 rings (SSSR count). The number of carbonyl (C=O) groups is 1. The fraction of sp³-hybridized carbons (Fsp3) is 0.360. The fourth-order valence-corrected chi connectivity index (χ4v) is 4.78. The first-order valence-corrected chi connectivity index (χ1v) is 11.4. The average Bonchev–Trinajstić information content (AvgIpc) is 3.50. The van der Waals surface area contributed by atoms with Crippen LogP contribution in [0.3, 0.4) is 0 Å². The number of pyridine rings is 1. The van der Waals surface area contributed by atoms with Crippen molar-refractivity contribution >= 4 is 11.7 Å². The Morgan fingerprint density at radius 1 is 1.09 bits per heavy atom. The lowest BCUT2D eigenvalue weighted by atomic mass is 10.0. The van der Waals surface area contributed by atoms with Gasteiger partial charge < -0.3 is 10.2 Å². The average molecular weight is 485 g/mol. The molecule has 6 nitrogen and oxygen atoms in total. The molecule has 1 atom stereocenters. The molecule has 1 aromatic carbocycles. The highest BCUT2D eigenvalue weighted by atomic mass is 19.4. The van der Waals surface area contributed by atoms with E-state index in [1.807, 2.05) is 0 Å². The summed E-state index contributed by atoms with van der Waals surface area (Å²) < 4.78 is 53.9. The van der Waals surface area contributed by atoms with Crippen LogP contribution in [-0.2, 0) is 6.18 Å². The first-order chi connectivity index (χ1) is 16.8. The van der Waals surface area contributed by atoms with Crippen molar-refractivity contribution in [3.05, 3.63) is 71.9 Å². The highest BCUT2D eigenvalue weighted by molar-refractivity contribution is 6.00. The van der Waals surface area contributed by atoms with Gasteiger partial charge in [-0.25, -0.2) is 19.3 Å². The van der Waals surface area contributed by atoms with E-state index in [4.69, 9.17) is 0 Å². The van der Waals surface area contributed by atoms with Crippen molar-refractivity contribution < 1.29 is 22.4 Å². The molecule has 2 fully saturated rings. The van der Waals surface area contributed by atoms with E-state index in [2.05, 4.69) is 20.3 Å². The third kappa shape index (κ3) is 4.82. The van der Waals surface area contributed by atoms with Gasteiger partial charge in [0, 0.05) is 43.3 Å². The molecule has 1 aliphatic carbocycles. The second kappa shape index (κ2) is 8.90. The largest absolute Gasteiger partial charge is 0.416 e. The molecule has 182 valence electrons. The minimum atomic E-state index is -4.45. The number of hydrogen-bond acceptors (Lipinski definition) is 5. The van der Waals surface area contributed by atoms with Crippen LogP contribution in [0.1, 0.15) is 41.6 Å². The van der Waals surface area contributed by atoms with Crippen molar-refractivity contribution in [1.29, 1.82) is 0 Å². The van der Waals surface area contributed by atoms with Crippen LogP contribution in [0.4, 0.5) is 23.4 Å². The fourth-order valence-electron chi connectivity index (χ4n) is 4.78. The van der Waals surface area contributed by atoms with Crippen molar-refractivity contribution in [2.45, 2.75) is 37.9 Å². The number of benzene rings is 1. The summed E-state index contributed by atoms with van der Waals surface area (Å²) in [5, 5.41) is 2.94. The van der Waals surface area contributed by atoms with Crippen LogP contribution in [0, 0.1) is 11.2 Å². The third-order valence-corrected chi connectivity index (χ3v) is 6.74. The van der Waals surface area contributed by atoms with Crippen molar-refractivity contribution in [3.63, 3.8) is 0 Å². The number of alkyl halides is 3. The number of carbonyl (C=O) groups excluding carboxylic acids is 1. The van der Waals surface area contributed by atoms with Gasteiger partial charge in [0.25, 0.3) is 5.91 Å². The Hall–Kier alpha value is -3.56. The summed E-state index contributed by atoms with van der Waals surface area (Å²) in [6.45, 7) is 0.854. The number of amides is 1. The summed E-state index contributed by atoms with van der Waals surface area (Å²) in [7, 11) is 0. The minimum Gasteiger partial charge on any atom is -0.370 e. The Bertz CT molecular complexity index is 1230. The molecule has 1 spiro atoms.